The van der Waals surface area contributed by atoms with Gasteiger partial charge >= 0.3 is 0 Å². The second-order valence-corrected chi connectivity index (χ2v) is 4.61. The number of rotatable bonds is 4. The molecule has 0 aliphatic carbocycles. The Labute approximate surface area is 106 Å². The maximum absolute atomic E-state index is 13.4. The third-order valence-corrected chi connectivity index (χ3v) is 3.04. The van der Waals surface area contributed by atoms with Gasteiger partial charge in [-0.05, 0) is 18.2 Å². The van der Waals surface area contributed by atoms with E-state index >= 15 is 0 Å². The van der Waals surface area contributed by atoms with Crippen LogP contribution in [-0.4, -0.2) is 22.1 Å². The first-order valence-corrected chi connectivity index (χ1v) is 6.01. The van der Waals surface area contributed by atoms with Crippen LogP contribution >= 0.6 is 28.6 Å². The molecule has 16 heavy (non-hydrogen) atoms. The lowest BCUT2D eigenvalue weighted by Gasteiger charge is -2.19. The predicted octanol–water partition coefficient (Wildman–Crippen LogP) is 2.44. The summed E-state index contributed by atoms with van der Waals surface area (Å²) in [6.07, 6.45) is -2.32. The summed E-state index contributed by atoms with van der Waals surface area (Å²) in [6.45, 7) is 0. The highest BCUT2D eigenvalue weighted by Gasteiger charge is 2.24. The van der Waals surface area contributed by atoms with Crippen molar-refractivity contribution in [2.24, 2.45) is 0 Å². The van der Waals surface area contributed by atoms with E-state index in [1.54, 1.807) is 0 Å². The summed E-state index contributed by atoms with van der Waals surface area (Å²) >= 11 is 6.85. The summed E-state index contributed by atoms with van der Waals surface area (Å²) in [5, 5.41) is 19.2. The molecule has 1 aromatic rings. The van der Waals surface area contributed by atoms with Crippen molar-refractivity contribution in [3.05, 3.63) is 33.8 Å². The molecule has 2 unspecified atom stereocenters. The molecule has 6 heteroatoms. The highest BCUT2D eigenvalue weighted by Crippen LogP contribution is 2.30. The van der Waals surface area contributed by atoms with Crippen molar-refractivity contribution < 1.29 is 19.0 Å². The predicted molar refractivity (Wildman–Crippen MR) is 63.5 cm³/mol. The molecule has 0 amide bonds. The van der Waals surface area contributed by atoms with Gasteiger partial charge in [-0.1, -0.05) is 15.9 Å². The number of benzene rings is 1. The summed E-state index contributed by atoms with van der Waals surface area (Å²) in [4.78, 5) is 0. The number of halogens is 3. The van der Waals surface area contributed by atoms with Crippen LogP contribution in [0.2, 0.25) is 0 Å². The van der Waals surface area contributed by atoms with Crippen LogP contribution in [0.25, 0.3) is 0 Å². The third kappa shape index (κ3) is 3.16. The molecule has 0 aliphatic rings. The summed E-state index contributed by atoms with van der Waals surface area (Å²) in [6, 6.07) is 1.70. The standard InChI is InChI=1S/C10H11BrF2O2S/c11-6-3-5(12)4-7(13)9(6)10(15)8(14)1-2-16/h3-4,8,10,14-16H,1-2H2. The fraction of sp³-hybridized carbons (Fsp3) is 0.400. The number of thiol groups is 1. The third-order valence-electron chi connectivity index (χ3n) is 2.13. The number of hydrogen-bond donors (Lipinski definition) is 3. The zero-order valence-electron chi connectivity index (χ0n) is 8.20. The molecule has 0 saturated carbocycles. The average molecular weight is 313 g/mol. The van der Waals surface area contributed by atoms with Crippen molar-refractivity contribution in [2.75, 3.05) is 5.75 Å². The van der Waals surface area contributed by atoms with Gasteiger partial charge in [0, 0.05) is 16.1 Å². The van der Waals surface area contributed by atoms with E-state index in [4.69, 9.17) is 0 Å². The maximum Gasteiger partial charge on any atom is 0.133 e. The number of hydrogen-bond acceptors (Lipinski definition) is 3. The fourth-order valence-electron chi connectivity index (χ4n) is 1.32. The van der Waals surface area contributed by atoms with Gasteiger partial charge in [0.15, 0.2) is 0 Å². The largest absolute Gasteiger partial charge is 0.390 e. The molecule has 0 aliphatic heterocycles. The van der Waals surface area contributed by atoms with E-state index in [-0.39, 0.29) is 16.5 Å². The second-order valence-electron chi connectivity index (χ2n) is 3.31. The zero-order valence-corrected chi connectivity index (χ0v) is 10.7. The van der Waals surface area contributed by atoms with Crippen molar-refractivity contribution in [3.8, 4) is 0 Å². The molecule has 2 nitrogen and oxygen atoms in total. The van der Waals surface area contributed by atoms with Gasteiger partial charge in [0.25, 0.3) is 0 Å². The molecular weight excluding hydrogens is 302 g/mol. The van der Waals surface area contributed by atoms with Crippen LogP contribution in [0, 0.1) is 11.6 Å². The van der Waals surface area contributed by atoms with Gasteiger partial charge in [-0.25, -0.2) is 8.78 Å². The van der Waals surface area contributed by atoms with Gasteiger partial charge in [-0.3, -0.25) is 0 Å². The quantitative estimate of drug-likeness (QED) is 0.747. The molecular formula is C10H11BrF2O2S. The van der Waals surface area contributed by atoms with E-state index in [1.165, 1.54) is 0 Å². The van der Waals surface area contributed by atoms with E-state index in [2.05, 4.69) is 28.6 Å². The van der Waals surface area contributed by atoms with Gasteiger partial charge in [0.2, 0.25) is 0 Å². The summed E-state index contributed by atoms with van der Waals surface area (Å²) < 4.78 is 26.3. The molecule has 90 valence electrons. The lowest BCUT2D eigenvalue weighted by atomic mass is 10.0. The molecule has 0 heterocycles. The molecule has 2 N–H and O–H groups in total. The normalized spacial score (nSPS) is 14.9. The summed E-state index contributed by atoms with van der Waals surface area (Å²) in [7, 11) is 0. The van der Waals surface area contributed by atoms with Crippen LogP contribution in [0.5, 0.6) is 0 Å². The number of aliphatic hydroxyl groups is 2. The van der Waals surface area contributed by atoms with Gasteiger partial charge < -0.3 is 10.2 Å². The molecule has 0 spiro atoms. The van der Waals surface area contributed by atoms with E-state index < -0.39 is 23.8 Å². The molecule has 1 rings (SSSR count). The van der Waals surface area contributed by atoms with E-state index in [0.717, 1.165) is 6.07 Å². The Bertz CT molecular complexity index is 353. The first-order chi connectivity index (χ1) is 7.47. The topological polar surface area (TPSA) is 40.5 Å². The average Bonchev–Trinajstić information content (AvgIpc) is 2.16. The zero-order chi connectivity index (χ0) is 12.3. The minimum Gasteiger partial charge on any atom is -0.390 e. The molecule has 0 radical (unpaired) electrons. The van der Waals surface area contributed by atoms with Crippen LogP contribution in [0.3, 0.4) is 0 Å². The van der Waals surface area contributed by atoms with Gasteiger partial charge in [-0.2, -0.15) is 12.6 Å². The Balaban J connectivity index is 3.03. The lowest BCUT2D eigenvalue weighted by molar-refractivity contribution is 0.0146. The molecule has 0 aromatic heterocycles. The van der Waals surface area contributed by atoms with Gasteiger partial charge in [0.1, 0.15) is 17.7 Å². The van der Waals surface area contributed by atoms with Crippen molar-refractivity contribution in [1.82, 2.24) is 0 Å². The van der Waals surface area contributed by atoms with Crippen molar-refractivity contribution in [1.29, 1.82) is 0 Å². The van der Waals surface area contributed by atoms with E-state index in [9.17, 15) is 19.0 Å². The Morgan fingerprint density at radius 1 is 1.31 bits per heavy atom. The van der Waals surface area contributed by atoms with Gasteiger partial charge in [0.05, 0.1) is 6.10 Å². The van der Waals surface area contributed by atoms with Crippen LogP contribution in [0.15, 0.2) is 16.6 Å². The first-order valence-electron chi connectivity index (χ1n) is 4.58. The first kappa shape index (κ1) is 13.9. The summed E-state index contributed by atoms with van der Waals surface area (Å²) in [5.74, 6) is -1.28. The van der Waals surface area contributed by atoms with Crippen LogP contribution in [0.4, 0.5) is 8.78 Å². The summed E-state index contributed by atoms with van der Waals surface area (Å²) in [5.41, 5.74) is -0.143. The highest BCUT2D eigenvalue weighted by molar-refractivity contribution is 9.10. The lowest BCUT2D eigenvalue weighted by Crippen LogP contribution is -2.20. The Morgan fingerprint density at radius 2 is 1.94 bits per heavy atom. The van der Waals surface area contributed by atoms with E-state index in [1.807, 2.05) is 0 Å². The Hall–Kier alpha value is -0.170. The SMILES string of the molecule is OC(CCS)C(O)c1c(F)cc(F)cc1Br. The smallest absolute Gasteiger partial charge is 0.133 e. The fourth-order valence-corrected chi connectivity index (χ4v) is 2.23. The van der Waals surface area contributed by atoms with E-state index in [0.29, 0.717) is 11.8 Å². The highest BCUT2D eigenvalue weighted by atomic mass is 79.9. The van der Waals surface area contributed by atoms with Crippen LogP contribution in [0.1, 0.15) is 18.1 Å². The Kier molecular flexibility index (Phi) is 5.17. The van der Waals surface area contributed by atoms with Crippen LogP contribution < -0.4 is 0 Å². The van der Waals surface area contributed by atoms with Crippen molar-refractivity contribution >= 4 is 28.6 Å². The Morgan fingerprint density at radius 3 is 2.44 bits per heavy atom. The van der Waals surface area contributed by atoms with Crippen molar-refractivity contribution in [3.63, 3.8) is 0 Å². The number of aliphatic hydroxyl groups excluding tert-OH is 2. The molecule has 0 bridgehead atoms. The molecule has 0 saturated heterocycles. The minimum atomic E-state index is -1.40. The monoisotopic (exact) mass is 312 g/mol. The second kappa shape index (κ2) is 5.95. The van der Waals surface area contributed by atoms with Gasteiger partial charge in [-0.15, -0.1) is 0 Å². The molecule has 2 atom stereocenters. The van der Waals surface area contributed by atoms with Crippen LogP contribution in [-0.2, 0) is 0 Å². The molecule has 0 fully saturated rings. The maximum atomic E-state index is 13.4. The minimum absolute atomic E-state index is 0.0933. The molecule has 1 aromatic carbocycles. The van der Waals surface area contributed by atoms with Crippen molar-refractivity contribution in [2.45, 2.75) is 18.6 Å².